The number of likely N-dealkylation sites (tertiary alicyclic amines) is 1. The van der Waals surface area contributed by atoms with Gasteiger partial charge in [-0.25, -0.2) is 4.68 Å². The maximum Gasteiger partial charge on any atom is 0.219 e. The van der Waals surface area contributed by atoms with Gasteiger partial charge in [0.2, 0.25) is 5.91 Å². The van der Waals surface area contributed by atoms with Gasteiger partial charge in [0, 0.05) is 45.7 Å². The summed E-state index contributed by atoms with van der Waals surface area (Å²) >= 11 is 0. The Morgan fingerprint density at radius 1 is 1.00 bits per heavy atom. The molecule has 0 atom stereocenters. The molecule has 3 fully saturated rings. The van der Waals surface area contributed by atoms with Crippen LogP contribution in [0.4, 0.5) is 0 Å². The number of rotatable bonds is 5. The molecular formula is C24H35N7O. The number of nitrogens with zero attached hydrogens (tertiary/aromatic N) is 7. The standard InChI is InChI=1S/C24H35N7O/c1-20(32)28-15-11-24(12-16-28,30-14-6-13-29(17-18-30)22-9-5-10-22)23-25-26-27-31(23)19-21-7-3-2-4-8-21/h2-4,7-8,22H,5-6,9-19H2,1H3. The first kappa shape index (κ1) is 21.5. The van der Waals surface area contributed by atoms with E-state index in [0.29, 0.717) is 6.54 Å². The third kappa shape index (κ3) is 4.18. The molecule has 8 heteroatoms. The number of carbonyl (C=O) groups is 1. The zero-order chi connectivity index (χ0) is 22.0. The van der Waals surface area contributed by atoms with Crippen LogP contribution < -0.4 is 0 Å². The highest BCUT2D eigenvalue weighted by Crippen LogP contribution is 2.39. The van der Waals surface area contributed by atoms with Gasteiger partial charge in [-0.15, -0.1) is 5.10 Å². The minimum atomic E-state index is -0.222. The van der Waals surface area contributed by atoms with E-state index in [4.69, 9.17) is 0 Å². The summed E-state index contributed by atoms with van der Waals surface area (Å²) in [6.45, 7) is 8.26. The molecule has 2 saturated heterocycles. The summed E-state index contributed by atoms with van der Waals surface area (Å²) in [6, 6.07) is 11.2. The third-order valence-corrected chi connectivity index (χ3v) is 7.89. The van der Waals surface area contributed by atoms with Gasteiger partial charge in [0.1, 0.15) is 0 Å². The van der Waals surface area contributed by atoms with Crippen LogP contribution in [-0.2, 0) is 16.9 Å². The van der Waals surface area contributed by atoms with E-state index >= 15 is 0 Å². The average Bonchev–Trinajstić information content (AvgIpc) is 3.10. The fourth-order valence-corrected chi connectivity index (χ4v) is 5.76. The molecule has 0 radical (unpaired) electrons. The molecule has 2 aromatic rings. The lowest BCUT2D eigenvalue weighted by molar-refractivity contribution is -0.132. The molecule has 0 spiro atoms. The molecule has 1 amide bonds. The summed E-state index contributed by atoms with van der Waals surface area (Å²) in [5.74, 6) is 1.12. The zero-order valence-electron chi connectivity index (χ0n) is 19.2. The van der Waals surface area contributed by atoms with Crippen LogP contribution in [0.2, 0.25) is 0 Å². The molecule has 32 heavy (non-hydrogen) atoms. The molecule has 5 rings (SSSR count). The maximum atomic E-state index is 12.1. The van der Waals surface area contributed by atoms with Crippen LogP contribution in [0.5, 0.6) is 0 Å². The second kappa shape index (κ2) is 9.27. The molecule has 3 aliphatic rings. The van der Waals surface area contributed by atoms with Crippen molar-refractivity contribution in [1.29, 1.82) is 0 Å². The van der Waals surface area contributed by atoms with Crippen LogP contribution >= 0.6 is 0 Å². The first-order valence-corrected chi connectivity index (χ1v) is 12.2. The Hall–Kier alpha value is -2.32. The minimum Gasteiger partial charge on any atom is -0.343 e. The van der Waals surface area contributed by atoms with Crippen LogP contribution in [0.3, 0.4) is 0 Å². The van der Waals surface area contributed by atoms with Gasteiger partial charge in [-0.1, -0.05) is 36.8 Å². The lowest BCUT2D eigenvalue weighted by atomic mass is 9.84. The Balaban J connectivity index is 1.42. The molecule has 0 bridgehead atoms. The summed E-state index contributed by atoms with van der Waals surface area (Å²) in [7, 11) is 0. The molecule has 8 nitrogen and oxygen atoms in total. The van der Waals surface area contributed by atoms with Crippen molar-refractivity contribution in [2.75, 3.05) is 39.3 Å². The second-order valence-electron chi connectivity index (χ2n) is 9.64. The van der Waals surface area contributed by atoms with Crippen LogP contribution in [-0.4, -0.2) is 86.1 Å². The summed E-state index contributed by atoms with van der Waals surface area (Å²) in [6.07, 6.45) is 7.03. The van der Waals surface area contributed by atoms with Gasteiger partial charge in [0.05, 0.1) is 12.1 Å². The zero-order valence-corrected chi connectivity index (χ0v) is 19.2. The summed E-state index contributed by atoms with van der Waals surface area (Å²) in [4.78, 5) is 19.4. The van der Waals surface area contributed by atoms with Crippen molar-refractivity contribution in [2.24, 2.45) is 0 Å². The van der Waals surface area contributed by atoms with Crippen molar-refractivity contribution >= 4 is 5.91 Å². The van der Waals surface area contributed by atoms with Gasteiger partial charge in [0.15, 0.2) is 5.82 Å². The molecule has 1 aromatic carbocycles. The van der Waals surface area contributed by atoms with E-state index < -0.39 is 0 Å². The van der Waals surface area contributed by atoms with E-state index in [0.717, 1.165) is 57.4 Å². The Kier molecular flexibility index (Phi) is 6.24. The highest BCUT2D eigenvalue weighted by molar-refractivity contribution is 5.73. The fourth-order valence-electron chi connectivity index (χ4n) is 5.76. The monoisotopic (exact) mass is 437 g/mol. The number of hydrogen-bond acceptors (Lipinski definition) is 6. The van der Waals surface area contributed by atoms with Gasteiger partial charge < -0.3 is 4.90 Å². The molecular weight excluding hydrogens is 402 g/mol. The van der Waals surface area contributed by atoms with Crippen LogP contribution in [0, 0.1) is 0 Å². The van der Waals surface area contributed by atoms with Crippen molar-refractivity contribution < 1.29 is 4.79 Å². The third-order valence-electron chi connectivity index (χ3n) is 7.89. The molecule has 0 N–H and O–H groups in total. The van der Waals surface area contributed by atoms with Gasteiger partial charge in [0.25, 0.3) is 0 Å². The van der Waals surface area contributed by atoms with Crippen molar-refractivity contribution in [1.82, 2.24) is 34.9 Å². The summed E-state index contributed by atoms with van der Waals surface area (Å²) in [5.41, 5.74) is 0.976. The Morgan fingerprint density at radius 3 is 2.47 bits per heavy atom. The van der Waals surface area contributed by atoms with E-state index in [-0.39, 0.29) is 11.4 Å². The summed E-state index contributed by atoms with van der Waals surface area (Å²) in [5, 5.41) is 13.1. The topological polar surface area (TPSA) is 70.4 Å². The highest BCUT2D eigenvalue weighted by atomic mass is 16.2. The number of tetrazole rings is 1. The van der Waals surface area contributed by atoms with Gasteiger partial charge in [-0.2, -0.15) is 0 Å². The van der Waals surface area contributed by atoms with Crippen molar-refractivity contribution in [3.8, 4) is 0 Å². The SMILES string of the molecule is CC(=O)N1CCC(c2nnnn2Cc2ccccc2)(N2CCCN(C3CCC3)CC2)CC1. The largest absolute Gasteiger partial charge is 0.343 e. The molecule has 1 aliphatic carbocycles. The van der Waals surface area contributed by atoms with E-state index in [1.54, 1.807) is 6.92 Å². The van der Waals surface area contributed by atoms with E-state index in [9.17, 15) is 4.79 Å². The molecule has 2 aliphatic heterocycles. The summed E-state index contributed by atoms with van der Waals surface area (Å²) < 4.78 is 1.99. The van der Waals surface area contributed by atoms with E-state index in [1.165, 1.54) is 37.8 Å². The second-order valence-corrected chi connectivity index (χ2v) is 9.64. The molecule has 1 aromatic heterocycles. The molecule has 172 valence electrons. The number of carbonyl (C=O) groups excluding carboxylic acids is 1. The van der Waals surface area contributed by atoms with Crippen LogP contribution in [0.1, 0.15) is 56.8 Å². The Bertz CT molecular complexity index is 902. The fraction of sp³-hybridized carbons (Fsp3) is 0.667. The Labute approximate surface area is 190 Å². The Morgan fingerprint density at radius 2 is 1.78 bits per heavy atom. The quantitative estimate of drug-likeness (QED) is 0.714. The smallest absolute Gasteiger partial charge is 0.219 e. The average molecular weight is 438 g/mol. The van der Waals surface area contributed by atoms with E-state index in [2.05, 4.69) is 49.6 Å². The highest BCUT2D eigenvalue weighted by Gasteiger charge is 2.46. The van der Waals surface area contributed by atoms with Crippen LogP contribution in [0.15, 0.2) is 30.3 Å². The number of piperidine rings is 1. The van der Waals surface area contributed by atoms with Crippen molar-refractivity contribution in [3.05, 3.63) is 41.7 Å². The lowest BCUT2D eigenvalue weighted by Gasteiger charge is -2.47. The molecule has 3 heterocycles. The number of hydrogen-bond donors (Lipinski definition) is 0. The van der Waals surface area contributed by atoms with Crippen molar-refractivity contribution in [3.63, 3.8) is 0 Å². The maximum absolute atomic E-state index is 12.1. The predicted molar refractivity (Wildman–Crippen MR) is 122 cm³/mol. The number of benzene rings is 1. The molecule has 1 saturated carbocycles. The minimum absolute atomic E-state index is 0.162. The number of amides is 1. The number of aromatic nitrogens is 4. The van der Waals surface area contributed by atoms with Crippen LogP contribution in [0.25, 0.3) is 0 Å². The van der Waals surface area contributed by atoms with E-state index in [1.807, 2.05) is 15.6 Å². The van der Waals surface area contributed by atoms with Crippen molar-refractivity contribution in [2.45, 2.75) is 63.6 Å². The first-order chi connectivity index (χ1) is 15.7. The van der Waals surface area contributed by atoms with Gasteiger partial charge in [-0.3, -0.25) is 14.6 Å². The first-order valence-electron chi connectivity index (χ1n) is 12.2. The molecule has 0 unspecified atom stereocenters. The van der Waals surface area contributed by atoms with Gasteiger partial charge in [-0.05, 0) is 54.6 Å². The predicted octanol–water partition coefficient (Wildman–Crippen LogP) is 2.12. The normalized spacial score (nSPS) is 23.0. The lowest BCUT2D eigenvalue weighted by Crippen LogP contribution is -2.56. The van der Waals surface area contributed by atoms with Gasteiger partial charge >= 0.3 is 0 Å².